The number of aromatic nitrogens is 2. The van der Waals surface area contributed by atoms with E-state index in [9.17, 15) is 9.18 Å². The molecule has 5 rings (SSSR count). The van der Waals surface area contributed by atoms with E-state index in [-0.39, 0.29) is 17.6 Å². The van der Waals surface area contributed by atoms with Gasteiger partial charge in [-0.25, -0.2) is 9.37 Å². The van der Waals surface area contributed by atoms with Gasteiger partial charge in [-0.3, -0.25) is 4.79 Å². The minimum atomic E-state index is -0.244. The molecule has 1 aromatic heterocycles. The van der Waals surface area contributed by atoms with Gasteiger partial charge in [0.15, 0.2) is 0 Å². The van der Waals surface area contributed by atoms with Crippen molar-refractivity contribution in [3.05, 3.63) is 90.0 Å². The number of anilines is 1. The minimum Gasteiger partial charge on any atom is -0.497 e. The third kappa shape index (κ3) is 3.54. The van der Waals surface area contributed by atoms with Gasteiger partial charge in [0.1, 0.15) is 17.4 Å². The van der Waals surface area contributed by atoms with Crippen LogP contribution in [-0.4, -0.2) is 29.1 Å². The fraction of sp³-hybridized carbons (Fsp3) is 0.200. The van der Waals surface area contributed by atoms with Crippen molar-refractivity contribution in [3.63, 3.8) is 0 Å². The lowest BCUT2D eigenvalue weighted by Gasteiger charge is -2.18. The maximum Gasteiger partial charge on any atom is 0.227 e. The van der Waals surface area contributed by atoms with Gasteiger partial charge < -0.3 is 14.2 Å². The van der Waals surface area contributed by atoms with Crippen LogP contribution >= 0.6 is 0 Å². The van der Waals surface area contributed by atoms with Gasteiger partial charge in [-0.2, -0.15) is 0 Å². The van der Waals surface area contributed by atoms with Crippen molar-refractivity contribution in [2.45, 2.75) is 18.9 Å². The molecule has 1 fully saturated rings. The smallest absolute Gasteiger partial charge is 0.227 e. The van der Waals surface area contributed by atoms with Crippen molar-refractivity contribution >= 4 is 22.6 Å². The molecule has 5 nitrogen and oxygen atoms in total. The van der Waals surface area contributed by atoms with Gasteiger partial charge in [-0.1, -0.05) is 36.4 Å². The van der Waals surface area contributed by atoms with E-state index in [4.69, 9.17) is 9.72 Å². The monoisotopic (exact) mass is 415 g/mol. The largest absolute Gasteiger partial charge is 0.497 e. The number of methoxy groups -OCH3 is 1. The number of imidazole rings is 1. The number of amides is 1. The third-order valence-corrected chi connectivity index (χ3v) is 5.83. The summed E-state index contributed by atoms with van der Waals surface area (Å²) < 4.78 is 21.7. The number of carbonyl (C=O) groups is 1. The highest BCUT2D eigenvalue weighted by Gasteiger charge is 2.35. The summed E-state index contributed by atoms with van der Waals surface area (Å²) in [6.07, 6.45) is 0.359. The summed E-state index contributed by atoms with van der Waals surface area (Å²) >= 11 is 0. The van der Waals surface area contributed by atoms with Gasteiger partial charge in [0, 0.05) is 36.2 Å². The van der Waals surface area contributed by atoms with Crippen molar-refractivity contribution in [1.82, 2.24) is 9.55 Å². The molecule has 1 aliphatic heterocycles. The number of halogens is 1. The number of benzene rings is 3. The number of carbonyl (C=O) groups excluding carboxylic acids is 1. The molecule has 2 heterocycles. The van der Waals surface area contributed by atoms with Gasteiger partial charge >= 0.3 is 0 Å². The second-order valence-corrected chi connectivity index (χ2v) is 7.74. The first-order valence-electron chi connectivity index (χ1n) is 10.3. The highest BCUT2D eigenvalue weighted by Crippen LogP contribution is 2.34. The lowest BCUT2D eigenvalue weighted by Crippen LogP contribution is -2.24. The number of hydrogen-bond acceptors (Lipinski definition) is 3. The molecule has 1 saturated heterocycles. The molecule has 0 radical (unpaired) electrons. The standard InChI is InChI=1S/C25H22FN3O2/c1-31-20-9-6-8-19(14-20)28-16-18(13-24(28)30)25-27-22-11-4-5-12-23(22)29(25)15-17-7-2-3-10-21(17)26/h2-12,14,18H,13,15-16H2,1H3/t18-/m1/s1. The van der Waals surface area contributed by atoms with Crippen LogP contribution in [0.5, 0.6) is 5.75 Å². The van der Waals surface area contributed by atoms with E-state index in [1.807, 2.05) is 59.2 Å². The number of nitrogens with zero attached hydrogens (tertiary/aromatic N) is 3. The Morgan fingerprint density at radius 1 is 1.06 bits per heavy atom. The molecule has 156 valence electrons. The number of ether oxygens (including phenoxy) is 1. The molecule has 0 saturated carbocycles. The van der Waals surface area contributed by atoms with E-state index in [2.05, 4.69) is 0 Å². The first-order valence-corrected chi connectivity index (χ1v) is 10.3. The van der Waals surface area contributed by atoms with Crippen molar-refractivity contribution < 1.29 is 13.9 Å². The van der Waals surface area contributed by atoms with E-state index in [0.717, 1.165) is 22.5 Å². The second kappa shape index (κ2) is 7.87. The van der Waals surface area contributed by atoms with Gasteiger partial charge in [0.25, 0.3) is 0 Å². The Bertz CT molecular complexity index is 1270. The molecule has 0 N–H and O–H groups in total. The second-order valence-electron chi connectivity index (χ2n) is 7.74. The maximum atomic E-state index is 14.4. The van der Waals surface area contributed by atoms with Crippen molar-refractivity contribution in [2.24, 2.45) is 0 Å². The fourth-order valence-corrected chi connectivity index (χ4v) is 4.28. The topological polar surface area (TPSA) is 47.4 Å². The SMILES string of the molecule is COc1cccc(N2C[C@H](c3nc4ccccc4n3Cc3ccccc3F)CC2=O)c1. The van der Waals surface area contributed by atoms with Crippen LogP contribution in [0, 0.1) is 5.82 Å². The molecule has 3 aromatic carbocycles. The molecule has 1 atom stereocenters. The van der Waals surface area contributed by atoms with Crippen molar-refractivity contribution in [2.75, 3.05) is 18.6 Å². The highest BCUT2D eigenvalue weighted by molar-refractivity contribution is 5.96. The lowest BCUT2D eigenvalue weighted by atomic mass is 10.1. The highest BCUT2D eigenvalue weighted by atomic mass is 19.1. The van der Waals surface area contributed by atoms with E-state index in [0.29, 0.717) is 30.8 Å². The molecule has 0 unspecified atom stereocenters. The molecule has 1 amide bonds. The summed E-state index contributed by atoms with van der Waals surface area (Å²) in [5.74, 6) is 1.23. The summed E-state index contributed by atoms with van der Waals surface area (Å²) in [7, 11) is 1.61. The Morgan fingerprint density at radius 2 is 1.87 bits per heavy atom. The average Bonchev–Trinajstić information content (AvgIpc) is 3.36. The molecule has 0 aliphatic carbocycles. The van der Waals surface area contributed by atoms with Crippen molar-refractivity contribution in [3.8, 4) is 5.75 Å². The van der Waals surface area contributed by atoms with E-state index in [1.165, 1.54) is 6.07 Å². The van der Waals surface area contributed by atoms with Crippen LogP contribution in [0.3, 0.4) is 0 Å². The summed E-state index contributed by atoms with van der Waals surface area (Å²) in [5.41, 5.74) is 3.19. The van der Waals surface area contributed by atoms with Gasteiger partial charge in [0.05, 0.1) is 24.7 Å². The molecule has 0 spiro atoms. The first-order chi connectivity index (χ1) is 15.1. The Kier molecular flexibility index (Phi) is 4.90. The Hall–Kier alpha value is -3.67. The summed E-state index contributed by atoms with van der Waals surface area (Å²) in [5, 5.41) is 0. The number of fused-ring (bicyclic) bond motifs is 1. The van der Waals surface area contributed by atoms with E-state index in [1.54, 1.807) is 24.1 Å². The van der Waals surface area contributed by atoms with E-state index >= 15 is 0 Å². The molecular formula is C25H22FN3O2. The third-order valence-electron chi connectivity index (χ3n) is 5.83. The molecule has 6 heteroatoms. The van der Waals surface area contributed by atoms with Crippen molar-refractivity contribution in [1.29, 1.82) is 0 Å². The van der Waals surface area contributed by atoms with Crippen LogP contribution in [0.2, 0.25) is 0 Å². The Labute approximate surface area is 179 Å². The number of para-hydroxylation sites is 2. The summed E-state index contributed by atoms with van der Waals surface area (Å²) in [6, 6.07) is 22.1. The minimum absolute atomic E-state index is 0.0442. The van der Waals surface area contributed by atoms with Gasteiger partial charge in [-0.05, 0) is 30.3 Å². The summed E-state index contributed by atoms with van der Waals surface area (Å²) in [4.78, 5) is 19.5. The Balaban J connectivity index is 1.53. The van der Waals surface area contributed by atoms with Crippen LogP contribution in [0.1, 0.15) is 23.7 Å². The van der Waals surface area contributed by atoms with Crippen LogP contribution in [-0.2, 0) is 11.3 Å². The zero-order valence-electron chi connectivity index (χ0n) is 17.2. The predicted molar refractivity (Wildman–Crippen MR) is 118 cm³/mol. The first kappa shape index (κ1) is 19.3. The van der Waals surface area contributed by atoms with E-state index < -0.39 is 0 Å². The van der Waals surface area contributed by atoms with Crippen LogP contribution in [0.25, 0.3) is 11.0 Å². The molecule has 31 heavy (non-hydrogen) atoms. The lowest BCUT2D eigenvalue weighted by molar-refractivity contribution is -0.117. The van der Waals surface area contributed by atoms with Crippen LogP contribution in [0.15, 0.2) is 72.8 Å². The molecule has 1 aliphatic rings. The average molecular weight is 415 g/mol. The quantitative estimate of drug-likeness (QED) is 0.473. The molecular weight excluding hydrogens is 393 g/mol. The maximum absolute atomic E-state index is 14.4. The zero-order chi connectivity index (χ0) is 21.4. The predicted octanol–water partition coefficient (Wildman–Crippen LogP) is 4.75. The molecule has 4 aromatic rings. The van der Waals surface area contributed by atoms with Crippen LogP contribution < -0.4 is 9.64 Å². The normalized spacial score (nSPS) is 16.3. The summed E-state index contributed by atoms with van der Waals surface area (Å²) in [6.45, 7) is 0.888. The fourth-order valence-electron chi connectivity index (χ4n) is 4.28. The number of hydrogen-bond donors (Lipinski definition) is 0. The number of rotatable bonds is 5. The Morgan fingerprint density at radius 3 is 2.71 bits per heavy atom. The zero-order valence-corrected chi connectivity index (χ0v) is 17.2. The van der Waals surface area contributed by atoms with Crippen LogP contribution in [0.4, 0.5) is 10.1 Å². The van der Waals surface area contributed by atoms with Gasteiger partial charge in [0.2, 0.25) is 5.91 Å². The molecule has 0 bridgehead atoms. The van der Waals surface area contributed by atoms with Gasteiger partial charge in [-0.15, -0.1) is 0 Å².